The van der Waals surface area contributed by atoms with Crippen LogP contribution in [0.3, 0.4) is 0 Å². The molecule has 1 saturated carbocycles. The van der Waals surface area contributed by atoms with E-state index in [1.165, 1.54) is 30.2 Å². The largest absolute Gasteiger partial charge is 0.481 e. The Bertz CT molecular complexity index is 630. The summed E-state index contributed by atoms with van der Waals surface area (Å²) in [5, 5.41) is 3.07. The van der Waals surface area contributed by atoms with Crippen molar-refractivity contribution in [3.63, 3.8) is 0 Å². The number of ether oxygens (including phenoxy) is 1. The van der Waals surface area contributed by atoms with Crippen LogP contribution in [0, 0.1) is 0 Å². The molecule has 1 aliphatic carbocycles. The third-order valence-corrected chi connectivity index (χ3v) is 3.99. The number of methoxy groups -OCH3 is 1. The lowest BCUT2D eigenvalue weighted by atomic mass is 9.96. The van der Waals surface area contributed by atoms with Gasteiger partial charge in [-0.3, -0.25) is 4.57 Å². The maximum Gasteiger partial charge on any atom is 0.327 e. The third-order valence-electron chi connectivity index (χ3n) is 3.99. The van der Waals surface area contributed by atoms with Crippen LogP contribution in [0.1, 0.15) is 32.1 Å². The van der Waals surface area contributed by atoms with Crippen LogP contribution < -0.4 is 10.1 Å². The number of aromatic nitrogens is 3. The monoisotopic (exact) mass is 300 g/mol. The van der Waals surface area contributed by atoms with Crippen molar-refractivity contribution in [1.29, 1.82) is 0 Å². The first-order valence-corrected chi connectivity index (χ1v) is 7.61. The van der Waals surface area contributed by atoms with E-state index >= 15 is 0 Å². The van der Waals surface area contributed by atoms with Crippen LogP contribution in [0.15, 0.2) is 30.9 Å². The minimum atomic E-state index is -0.118. The highest BCUT2D eigenvalue weighted by molar-refractivity contribution is 5.78. The number of carbonyl (C=O) groups is 1. The van der Waals surface area contributed by atoms with E-state index in [1.54, 1.807) is 25.6 Å². The fourth-order valence-electron chi connectivity index (χ4n) is 2.73. The van der Waals surface area contributed by atoms with E-state index in [0.29, 0.717) is 11.6 Å². The van der Waals surface area contributed by atoms with E-state index < -0.39 is 0 Å². The van der Waals surface area contributed by atoms with Crippen molar-refractivity contribution in [3.05, 3.63) is 30.9 Å². The molecule has 0 aliphatic heterocycles. The Balaban J connectivity index is 1.68. The first kappa shape index (κ1) is 14.6. The Kier molecular flexibility index (Phi) is 4.37. The molecule has 0 atom stereocenters. The van der Waals surface area contributed by atoms with Crippen LogP contribution in [0.4, 0.5) is 4.79 Å². The highest BCUT2D eigenvalue weighted by atomic mass is 16.5. The molecular formula is C16H20N4O2. The molecule has 1 amide bonds. The summed E-state index contributed by atoms with van der Waals surface area (Å²) in [6, 6.07) is 3.82. The van der Waals surface area contributed by atoms with Gasteiger partial charge in [0, 0.05) is 30.1 Å². The molecule has 1 fully saturated rings. The second-order valence-corrected chi connectivity index (χ2v) is 5.54. The van der Waals surface area contributed by atoms with Crippen molar-refractivity contribution in [2.24, 2.45) is 0 Å². The van der Waals surface area contributed by atoms with E-state index in [9.17, 15) is 4.79 Å². The smallest absolute Gasteiger partial charge is 0.327 e. The summed E-state index contributed by atoms with van der Waals surface area (Å²) in [6.07, 6.45) is 10.7. The second-order valence-electron chi connectivity index (χ2n) is 5.54. The summed E-state index contributed by atoms with van der Waals surface area (Å²) >= 11 is 0. The molecule has 116 valence electrons. The van der Waals surface area contributed by atoms with Gasteiger partial charge in [-0.15, -0.1) is 0 Å². The number of hydrogen-bond donors (Lipinski definition) is 1. The van der Waals surface area contributed by atoms with Crippen LogP contribution in [0.25, 0.3) is 11.3 Å². The topological polar surface area (TPSA) is 69.0 Å². The summed E-state index contributed by atoms with van der Waals surface area (Å²) < 4.78 is 6.53. The van der Waals surface area contributed by atoms with Crippen LogP contribution in [-0.2, 0) is 0 Å². The Morgan fingerprint density at radius 2 is 2.09 bits per heavy atom. The van der Waals surface area contributed by atoms with E-state index in [1.807, 2.05) is 6.07 Å². The van der Waals surface area contributed by atoms with E-state index in [0.717, 1.165) is 18.4 Å². The van der Waals surface area contributed by atoms with Crippen molar-refractivity contribution in [1.82, 2.24) is 19.9 Å². The summed E-state index contributed by atoms with van der Waals surface area (Å²) in [6.45, 7) is 0. The lowest BCUT2D eigenvalue weighted by molar-refractivity contribution is 0.234. The molecule has 1 aliphatic rings. The first-order chi connectivity index (χ1) is 10.8. The number of imidazole rings is 1. The highest BCUT2D eigenvalue weighted by Crippen LogP contribution is 2.19. The van der Waals surface area contributed by atoms with Crippen molar-refractivity contribution < 1.29 is 9.53 Å². The lowest BCUT2D eigenvalue weighted by Crippen LogP contribution is -2.38. The van der Waals surface area contributed by atoms with Crippen LogP contribution in [0.5, 0.6) is 5.88 Å². The minimum Gasteiger partial charge on any atom is -0.481 e. The third kappa shape index (κ3) is 3.27. The zero-order valence-corrected chi connectivity index (χ0v) is 12.7. The molecule has 22 heavy (non-hydrogen) atoms. The van der Waals surface area contributed by atoms with Gasteiger partial charge in [0.1, 0.15) is 6.33 Å². The molecule has 6 heteroatoms. The van der Waals surface area contributed by atoms with Gasteiger partial charge in [0.2, 0.25) is 5.88 Å². The molecule has 3 rings (SSSR count). The Morgan fingerprint density at radius 1 is 1.27 bits per heavy atom. The number of carbonyl (C=O) groups excluding carboxylic acids is 1. The van der Waals surface area contributed by atoms with E-state index in [-0.39, 0.29) is 12.1 Å². The molecule has 0 spiro atoms. The molecule has 2 aromatic heterocycles. The zero-order chi connectivity index (χ0) is 15.4. The fraction of sp³-hybridized carbons (Fsp3) is 0.438. The molecule has 0 unspecified atom stereocenters. The molecule has 0 bridgehead atoms. The van der Waals surface area contributed by atoms with Gasteiger partial charge in [0.25, 0.3) is 0 Å². The first-order valence-electron chi connectivity index (χ1n) is 7.61. The maximum atomic E-state index is 12.2. The summed E-state index contributed by atoms with van der Waals surface area (Å²) in [5.41, 5.74) is 1.57. The Morgan fingerprint density at radius 3 is 2.77 bits per heavy atom. The normalized spacial score (nSPS) is 15.5. The fourth-order valence-corrected chi connectivity index (χ4v) is 2.73. The molecule has 0 radical (unpaired) electrons. The number of hydrogen-bond acceptors (Lipinski definition) is 4. The molecule has 2 heterocycles. The molecule has 1 N–H and O–H groups in total. The SMILES string of the molecule is COc1ccc(-c2cn(C(=O)NC3CCCCC3)cn2)cn1. The lowest BCUT2D eigenvalue weighted by Gasteiger charge is -2.22. The van der Waals surface area contributed by atoms with Gasteiger partial charge < -0.3 is 10.1 Å². The van der Waals surface area contributed by atoms with Gasteiger partial charge in [-0.25, -0.2) is 14.8 Å². The standard InChI is InChI=1S/C16H20N4O2/c1-22-15-8-7-12(9-17-15)14-10-20(11-18-14)16(21)19-13-5-3-2-4-6-13/h7-11,13H,2-6H2,1H3,(H,19,21). The minimum absolute atomic E-state index is 0.118. The van der Waals surface area contributed by atoms with E-state index in [4.69, 9.17) is 4.74 Å². The van der Waals surface area contributed by atoms with Crippen LogP contribution in [0.2, 0.25) is 0 Å². The summed E-state index contributed by atoms with van der Waals surface area (Å²) in [7, 11) is 1.58. The molecular weight excluding hydrogens is 280 g/mol. The van der Waals surface area contributed by atoms with E-state index in [2.05, 4.69) is 15.3 Å². The van der Waals surface area contributed by atoms with Crippen LogP contribution in [-0.4, -0.2) is 33.7 Å². The number of pyridine rings is 1. The number of rotatable bonds is 3. The van der Waals surface area contributed by atoms with Crippen molar-refractivity contribution in [3.8, 4) is 17.1 Å². The average Bonchev–Trinajstić information content (AvgIpc) is 3.06. The van der Waals surface area contributed by atoms with Gasteiger partial charge in [0.05, 0.1) is 12.8 Å². The second kappa shape index (κ2) is 6.60. The molecule has 2 aromatic rings. The molecule has 6 nitrogen and oxygen atoms in total. The van der Waals surface area contributed by atoms with Gasteiger partial charge in [-0.05, 0) is 18.9 Å². The van der Waals surface area contributed by atoms with Crippen molar-refractivity contribution in [2.45, 2.75) is 38.1 Å². The predicted molar refractivity (Wildman–Crippen MR) is 82.8 cm³/mol. The number of nitrogens with zero attached hydrogens (tertiary/aromatic N) is 3. The van der Waals surface area contributed by atoms with Gasteiger partial charge in [-0.1, -0.05) is 19.3 Å². The Hall–Kier alpha value is -2.37. The van der Waals surface area contributed by atoms with Gasteiger partial charge in [0.15, 0.2) is 0 Å². The van der Waals surface area contributed by atoms with Gasteiger partial charge in [-0.2, -0.15) is 0 Å². The zero-order valence-electron chi connectivity index (χ0n) is 12.7. The maximum absolute atomic E-state index is 12.2. The van der Waals surface area contributed by atoms with Crippen molar-refractivity contribution >= 4 is 6.03 Å². The summed E-state index contributed by atoms with van der Waals surface area (Å²) in [5.74, 6) is 0.554. The quantitative estimate of drug-likeness (QED) is 0.946. The molecule has 0 aromatic carbocycles. The number of nitrogens with one attached hydrogen (secondary N) is 1. The Labute approximate surface area is 129 Å². The van der Waals surface area contributed by atoms with Crippen LogP contribution >= 0.6 is 0 Å². The van der Waals surface area contributed by atoms with Gasteiger partial charge >= 0.3 is 6.03 Å². The predicted octanol–water partition coefficient (Wildman–Crippen LogP) is 2.84. The molecule has 0 saturated heterocycles. The number of amides is 1. The average molecular weight is 300 g/mol. The summed E-state index contributed by atoms with van der Waals surface area (Å²) in [4.78, 5) is 20.7. The highest BCUT2D eigenvalue weighted by Gasteiger charge is 2.17. The van der Waals surface area contributed by atoms with Crippen molar-refractivity contribution in [2.75, 3.05) is 7.11 Å².